The highest BCUT2D eigenvalue weighted by atomic mass is 127. The maximum atomic E-state index is 5.62. The highest BCUT2D eigenvalue weighted by Crippen LogP contribution is 2.28. The third-order valence-electron chi connectivity index (χ3n) is 6.79. The Hall–Kier alpha value is -1.65. The second-order valence-corrected chi connectivity index (χ2v) is 9.06. The molecule has 2 aromatic rings. The molecule has 1 aromatic carbocycles. The molecule has 3 unspecified atom stereocenters. The van der Waals surface area contributed by atoms with Gasteiger partial charge in [-0.2, -0.15) is 0 Å². The van der Waals surface area contributed by atoms with E-state index in [1.807, 2.05) is 12.5 Å². The topological polar surface area (TPSA) is 57.9 Å². The average Bonchev–Trinajstić information content (AvgIpc) is 3.34. The molecule has 3 heterocycles. The molecular formula is C25H39IN6O. The summed E-state index contributed by atoms with van der Waals surface area (Å²) in [4.78, 5) is 14.4. The molecule has 2 saturated heterocycles. The molecule has 3 atom stereocenters. The molecule has 182 valence electrons. The first kappa shape index (κ1) is 26.0. The fraction of sp³-hybridized carbons (Fsp3) is 0.600. The highest BCUT2D eigenvalue weighted by molar-refractivity contribution is 14.0. The van der Waals surface area contributed by atoms with Crippen molar-refractivity contribution < 1.29 is 4.74 Å². The molecule has 7 nitrogen and oxygen atoms in total. The minimum absolute atomic E-state index is 0. The van der Waals surface area contributed by atoms with Crippen molar-refractivity contribution in [3.63, 3.8) is 0 Å². The van der Waals surface area contributed by atoms with Crippen molar-refractivity contribution in [3.05, 3.63) is 54.1 Å². The first-order valence-electron chi connectivity index (χ1n) is 12.0. The van der Waals surface area contributed by atoms with Gasteiger partial charge in [0.1, 0.15) is 0 Å². The molecule has 2 aliphatic heterocycles. The van der Waals surface area contributed by atoms with Gasteiger partial charge in [0.15, 0.2) is 5.96 Å². The number of guanidine groups is 1. The molecule has 0 radical (unpaired) electrons. The number of halogens is 1. The number of aliphatic imine (C=N–C) groups is 1. The first-order valence-corrected chi connectivity index (χ1v) is 12.0. The third-order valence-corrected chi connectivity index (χ3v) is 6.79. The van der Waals surface area contributed by atoms with Crippen LogP contribution < -0.4 is 5.32 Å². The van der Waals surface area contributed by atoms with Gasteiger partial charge in [0.2, 0.25) is 0 Å². The highest BCUT2D eigenvalue weighted by Gasteiger charge is 2.29. The number of aryl methyl sites for hydroxylation is 1. The van der Waals surface area contributed by atoms with Crippen LogP contribution in [0.4, 0.5) is 0 Å². The summed E-state index contributed by atoms with van der Waals surface area (Å²) < 4.78 is 7.87. The van der Waals surface area contributed by atoms with Crippen molar-refractivity contribution in [2.75, 3.05) is 52.5 Å². The van der Waals surface area contributed by atoms with Crippen LogP contribution in [0.15, 0.2) is 48.0 Å². The number of rotatable bonds is 6. The summed E-state index contributed by atoms with van der Waals surface area (Å²) in [5.74, 6) is 1.65. The fourth-order valence-corrected chi connectivity index (χ4v) is 4.89. The Morgan fingerprint density at radius 3 is 2.79 bits per heavy atom. The molecule has 1 aromatic heterocycles. The Morgan fingerprint density at radius 1 is 1.27 bits per heavy atom. The van der Waals surface area contributed by atoms with Gasteiger partial charge in [-0.05, 0) is 31.7 Å². The summed E-state index contributed by atoms with van der Waals surface area (Å²) >= 11 is 0. The Balaban J connectivity index is 0.00000306. The van der Waals surface area contributed by atoms with E-state index >= 15 is 0 Å². The van der Waals surface area contributed by atoms with E-state index in [9.17, 15) is 0 Å². The van der Waals surface area contributed by atoms with Crippen LogP contribution >= 0.6 is 24.0 Å². The fourth-order valence-electron chi connectivity index (χ4n) is 4.89. The second-order valence-electron chi connectivity index (χ2n) is 9.06. The van der Waals surface area contributed by atoms with E-state index in [0.717, 1.165) is 64.9 Å². The van der Waals surface area contributed by atoms with Crippen LogP contribution in [-0.4, -0.2) is 77.8 Å². The molecule has 8 heteroatoms. The van der Waals surface area contributed by atoms with Gasteiger partial charge in [-0.3, -0.25) is 9.89 Å². The van der Waals surface area contributed by atoms with Gasteiger partial charge in [0.25, 0.3) is 0 Å². The number of likely N-dealkylation sites (tertiary alicyclic amines) is 1. The quantitative estimate of drug-likeness (QED) is 0.328. The largest absolute Gasteiger partial charge is 0.379 e. The molecule has 2 fully saturated rings. The third kappa shape index (κ3) is 6.70. The van der Waals surface area contributed by atoms with Gasteiger partial charge in [0, 0.05) is 45.1 Å². The maximum Gasteiger partial charge on any atom is 0.194 e. The van der Waals surface area contributed by atoms with Crippen LogP contribution in [0.3, 0.4) is 0 Å². The minimum Gasteiger partial charge on any atom is -0.379 e. The lowest BCUT2D eigenvalue weighted by Gasteiger charge is -2.39. The molecule has 1 N–H and O–H groups in total. The van der Waals surface area contributed by atoms with Crippen LogP contribution in [0.25, 0.3) is 0 Å². The summed E-state index contributed by atoms with van der Waals surface area (Å²) in [5, 5.41) is 3.56. The van der Waals surface area contributed by atoms with Crippen LogP contribution in [0.1, 0.15) is 43.5 Å². The monoisotopic (exact) mass is 566 g/mol. The lowest BCUT2D eigenvalue weighted by atomic mass is 9.93. The SMILES string of the molecule is CCNC(=NCC(c1cccc(C)c1)N1CCOCC1)N1CCC(C)C(n2ccnc2)C1.I. The molecule has 2 aliphatic rings. The Kier molecular flexibility index (Phi) is 10.0. The molecule has 0 bridgehead atoms. The minimum atomic E-state index is 0. The van der Waals surface area contributed by atoms with E-state index < -0.39 is 0 Å². The van der Waals surface area contributed by atoms with Gasteiger partial charge in [0.05, 0.1) is 38.2 Å². The van der Waals surface area contributed by atoms with Crippen molar-refractivity contribution in [1.29, 1.82) is 0 Å². The van der Waals surface area contributed by atoms with Crippen molar-refractivity contribution in [3.8, 4) is 0 Å². The number of hydrogen-bond acceptors (Lipinski definition) is 4. The van der Waals surface area contributed by atoms with Gasteiger partial charge in [-0.25, -0.2) is 4.98 Å². The molecule has 0 saturated carbocycles. The number of imidazole rings is 1. The van der Waals surface area contributed by atoms with E-state index in [0.29, 0.717) is 12.0 Å². The van der Waals surface area contributed by atoms with Crippen LogP contribution in [0.5, 0.6) is 0 Å². The van der Waals surface area contributed by atoms with Crippen LogP contribution in [-0.2, 0) is 4.74 Å². The predicted octanol–water partition coefficient (Wildman–Crippen LogP) is 3.73. The van der Waals surface area contributed by atoms with Gasteiger partial charge >= 0.3 is 0 Å². The molecule has 0 aliphatic carbocycles. The van der Waals surface area contributed by atoms with E-state index in [1.54, 1.807) is 0 Å². The Bertz CT molecular complexity index is 868. The van der Waals surface area contributed by atoms with Gasteiger partial charge < -0.3 is 19.5 Å². The summed E-state index contributed by atoms with van der Waals surface area (Å²) in [6, 6.07) is 9.56. The van der Waals surface area contributed by atoms with E-state index in [4.69, 9.17) is 9.73 Å². The normalized spacial score (nSPS) is 23.1. The molecule has 33 heavy (non-hydrogen) atoms. The zero-order valence-corrected chi connectivity index (χ0v) is 22.5. The molecular weight excluding hydrogens is 527 g/mol. The summed E-state index contributed by atoms with van der Waals surface area (Å²) in [5.41, 5.74) is 2.64. The lowest BCUT2D eigenvalue weighted by Crippen LogP contribution is -2.49. The van der Waals surface area contributed by atoms with E-state index in [2.05, 4.69) is 75.9 Å². The molecule has 4 rings (SSSR count). The van der Waals surface area contributed by atoms with Crippen LogP contribution in [0.2, 0.25) is 0 Å². The number of nitrogens with one attached hydrogen (secondary N) is 1. The number of hydrogen-bond donors (Lipinski definition) is 1. The first-order chi connectivity index (χ1) is 15.7. The smallest absolute Gasteiger partial charge is 0.194 e. The van der Waals surface area contributed by atoms with Crippen molar-refractivity contribution in [1.82, 2.24) is 24.7 Å². The van der Waals surface area contributed by atoms with Gasteiger partial charge in [-0.15, -0.1) is 24.0 Å². The lowest BCUT2D eigenvalue weighted by molar-refractivity contribution is 0.0179. The van der Waals surface area contributed by atoms with E-state index in [1.165, 1.54) is 11.1 Å². The van der Waals surface area contributed by atoms with Crippen molar-refractivity contribution in [2.24, 2.45) is 10.9 Å². The number of aromatic nitrogens is 2. The summed E-state index contributed by atoms with van der Waals surface area (Å²) in [6.07, 6.45) is 7.06. The predicted molar refractivity (Wildman–Crippen MR) is 144 cm³/mol. The van der Waals surface area contributed by atoms with E-state index in [-0.39, 0.29) is 30.0 Å². The van der Waals surface area contributed by atoms with Crippen LogP contribution in [0, 0.1) is 12.8 Å². The maximum absolute atomic E-state index is 5.62. The average molecular weight is 567 g/mol. The number of nitrogens with zero attached hydrogens (tertiary/aromatic N) is 5. The molecule has 0 spiro atoms. The zero-order valence-electron chi connectivity index (χ0n) is 20.2. The number of morpholine rings is 1. The van der Waals surface area contributed by atoms with Crippen molar-refractivity contribution in [2.45, 2.75) is 39.3 Å². The Labute approximate surface area is 215 Å². The number of ether oxygens (including phenoxy) is 1. The number of piperidine rings is 1. The van der Waals surface area contributed by atoms with Gasteiger partial charge in [-0.1, -0.05) is 36.8 Å². The number of benzene rings is 1. The second kappa shape index (κ2) is 12.7. The Morgan fingerprint density at radius 2 is 2.09 bits per heavy atom. The molecule has 0 amide bonds. The van der Waals surface area contributed by atoms with Crippen molar-refractivity contribution >= 4 is 29.9 Å². The zero-order chi connectivity index (χ0) is 22.3. The summed E-state index contributed by atoms with van der Waals surface area (Å²) in [7, 11) is 0. The standard InChI is InChI=1S/C25H38N6O.HI/c1-4-27-25(30-10-8-21(3)24(18-30)31-11-9-26-19-31)28-17-23(29-12-14-32-15-13-29)22-7-5-6-20(2)16-22;/h5-7,9,11,16,19,21,23-24H,4,8,10,12-15,17-18H2,1-3H3,(H,27,28);1H. The summed E-state index contributed by atoms with van der Waals surface area (Å²) in [6.45, 7) is 13.8.